The van der Waals surface area contributed by atoms with Gasteiger partial charge in [0.25, 0.3) is 5.91 Å². The number of anilines is 1. The highest BCUT2D eigenvalue weighted by atomic mass is 35.5. The lowest BCUT2D eigenvalue weighted by Crippen LogP contribution is -2.20. The standard InChI is InChI=1S/C25H21Cl2NO5/c1-31-19-12-8-18(9-13-19)28-24(29)16-33-25(30)14-7-17-5-10-20(11-6-17)32-15-21-22(26)3-2-4-23(21)27/h2-14H,15-16H2,1H3,(H,28,29). The number of amides is 1. The molecule has 3 rings (SSSR count). The van der Waals surface area contributed by atoms with Crippen LogP contribution in [0.25, 0.3) is 6.08 Å². The third-order valence-electron chi connectivity index (χ3n) is 4.46. The van der Waals surface area contributed by atoms with Gasteiger partial charge in [-0.15, -0.1) is 0 Å². The second-order valence-corrected chi connectivity index (χ2v) is 7.59. The van der Waals surface area contributed by atoms with E-state index in [1.807, 2.05) is 0 Å². The molecule has 0 radical (unpaired) electrons. The molecule has 0 aliphatic rings. The highest BCUT2D eigenvalue weighted by molar-refractivity contribution is 6.35. The van der Waals surface area contributed by atoms with Gasteiger partial charge in [-0.05, 0) is 60.2 Å². The Labute approximate surface area is 201 Å². The van der Waals surface area contributed by atoms with Gasteiger partial charge < -0.3 is 19.5 Å². The minimum absolute atomic E-state index is 0.235. The van der Waals surface area contributed by atoms with Gasteiger partial charge in [-0.25, -0.2) is 4.79 Å². The molecule has 0 aliphatic heterocycles. The predicted octanol–water partition coefficient (Wildman–Crippen LogP) is 5.78. The number of hydrogen-bond donors (Lipinski definition) is 1. The minimum Gasteiger partial charge on any atom is -0.497 e. The van der Waals surface area contributed by atoms with Gasteiger partial charge in [-0.1, -0.05) is 41.4 Å². The van der Waals surface area contributed by atoms with Crippen molar-refractivity contribution in [2.45, 2.75) is 6.61 Å². The number of nitrogens with one attached hydrogen (secondary N) is 1. The number of benzene rings is 3. The molecule has 0 heterocycles. The molecule has 0 bridgehead atoms. The average molecular weight is 486 g/mol. The summed E-state index contributed by atoms with van der Waals surface area (Å²) < 4.78 is 15.7. The summed E-state index contributed by atoms with van der Waals surface area (Å²) in [5.74, 6) is 0.227. The highest BCUT2D eigenvalue weighted by Crippen LogP contribution is 2.26. The van der Waals surface area contributed by atoms with E-state index >= 15 is 0 Å². The summed E-state index contributed by atoms with van der Waals surface area (Å²) in [5.41, 5.74) is 2.05. The maximum Gasteiger partial charge on any atom is 0.331 e. The van der Waals surface area contributed by atoms with Crippen LogP contribution in [0.2, 0.25) is 10.0 Å². The van der Waals surface area contributed by atoms with Crippen molar-refractivity contribution >= 4 is 46.8 Å². The van der Waals surface area contributed by atoms with Crippen molar-refractivity contribution < 1.29 is 23.8 Å². The Kier molecular flexibility index (Phi) is 8.75. The Morgan fingerprint density at radius 3 is 2.18 bits per heavy atom. The second-order valence-electron chi connectivity index (χ2n) is 6.78. The Balaban J connectivity index is 1.44. The minimum atomic E-state index is -0.631. The lowest BCUT2D eigenvalue weighted by Gasteiger charge is -2.09. The number of esters is 1. The van der Waals surface area contributed by atoms with E-state index in [0.29, 0.717) is 32.8 Å². The van der Waals surface area contributed by atoms with Crippen molar-refractivity contribution in [3.63, 3.8) is 0 Å². The van der Waals surface area contributed by atoms with E-state index in [9.17, 15) is 9.59 Å². The molecule has 0 saturated heterocycles. The third-order valence-corrected chi connectivity index (χ3v) is 5.16. The number of methoxy groups -OCH3 is 1. The molecule has 0 fully saturated rings. The van der Waals surface area contributed by atoms with Crippen LogP contribution < -0.4 is 14.8 Å². The first-order valence-corrected chi connectivity index (χ1v) is 10.6. The van der Waals surface area contributed by atoms with Gasteiger partial charge in [0.2, 0.25) is 0 Å². The first-order chi connectivity index (χ1) is 15.9. The number of hydrogen-bond acceptors (Lipinski definition) is 5. The van der Waals surface area contributed by atoms with Crippen LogP contribution in [0.3, 0.4) is 0 Å². The molecule has 3 aromatic carbocycles. The SMILES string of the molecule is COc1ccc(NC(=O)COC(=O)C=Cc2ccc(OCc3c(Cl)cccc3Cl)cc2)cc1. The largest absolute Gasteiger partial charge is 0.497 e. The summed E-state index contributed by atoms with van der Waals surface area (Å²) in [6.45, 7) is -0.162. The van der Waals surface area contributed by atoms with Gasteiger partial charge in [0.15, 0.2) is 6.61 Å². The topological polar surface area (TPSA) is 73.9 Å². The average Bonchev–Trinajstić information content (AvgIpc) is 2.82. The summed E-state index contributed by atoms with van der Waals surface area (Å²) in [5, 5.41) is 3.71. The van der Waals surface area contributed by atoms with E-state index in [2.05, 4.69) is 5.32 Å². The summed E-state index contributed by atoms with van der Waals surface area (Å²) in [4.78, 5) is 23.8. The molecule has 6 nitrogen and oxygen atoms in total. The third kappa shape index (κ3) is 7.56. The van der Waals surface area contributed by atoms with Gasteiger partial charge in [0.05, 0.1) is 7.11 Å². The van der Waals surface area contributed by atoms with E-state index in [4.69, 9.17) is 37.4 Å². The molecule has 0 spiro atoms. The molecule has 0 aromatic heterocycles. The van der Waals surface area contributed by atoms with Crippen molar-refractivity contribution in [2.24, 2.45) is 0 Å². The molecule has 0 unspecified atom stereocenters. The first kappa shape index (κ1) is 24.2. The van der Waals surface area contributed by atoms with Crippen LogP contribution in [-0.2, 0) is 20.9 Å². The number of ether oxygens (including phenoxy) is 3. The van der Waals surface area contributed by atoms with Crippen molar-refractivity contribution in [3.8, 4) is 11.5 Å². The Bertz CT molecular complexity index is 1110. The van der Waals surface area contributed by atoms with Crippen molar-refractivity contribution in [2.75, 3.05) is 19.0 Å². The maximum atomic E-state index is 11.9. The van der Waals surface area contributed by atoms with Crippen LogP contribution in [0.4, 0.5) is 5.69 Å². The fourth-order valence-corrected chi connectivity index (χ4v) is 3.23. The van der Waals surface area contributed by atoms with E-state index in [0.717, 1.165) is 5.56 Å². The zero-order valence-corrected chi connectivity index (χ0v) is 19.2. The molecule has 33 heavy (non-hydrogen) atoms. The predicted molar refractivity (Wildman–Crippen MR) is 129 cm³/mol. The lowest BCUT2D eigenvalue weighted by atomic mass is 10.2. The Morgan fingerprint density at radius 1 is 0.909 bits per heavy atom. The number of halogens is 2. The van der Waals surface area contributed by atoms with Crippen LogP contribution >= 0.6 is 23.2 Å². The summed E-state index contributed by atoms with van der Waals surface area (Å²) in [7, 11) is 1.56. The number of carbonyl (C=O) groups excluding carboxylic acids is 2. The molecule has 1 N–H and O–H groups in total. The summed E-state index contributed by atoms with van der Waals surface area (Å²) >= 11 is 12.3. The summed E-state index contributed by atoms with van der Waals surface area (Å²) in [6.07, 6.45) is 2.83. The molecule has 8 heteroatoms. The normalized spacial score (nSPS) is 10.6. The van der Waals surface area contributed by atoms with Crippen LogP contribution in [0.15, 0.2) is 72.8 Å². The number of carbonyl (C=O) groups is 2. The van der Waals surface area contributed by atoms with E-state index in [-0.39, 0.29) is 6.61 Å². The van der Waals surface area contributed by atoms with Gasteiger partial charge in [-0.2, -0.15) is 0 Å². The molecule has 1 amide bonds. The molecule has 170 valence electrons. The molecular weight excluding hydrogens is 465 g/mol. The summed E-state index contributed by atoms with van der Waals surface area (Å²) in [6, 6.07) is 19.2. The van der Waals surface area contributed by atoms with Crippen LogP contribution in [0, 0.1) is 0 Å². The van der Waals surface area contributed by atoms with Gasteiger partial charge in [-0.3, -0.25) is 4.79 Å². The van der Waals surface area contributed by atoms with Crippen molar-refractivity contribution in [3.05, 3.63) is 94.0 Å². The van der Waals surface area contributed by atoms with Gasteiger partial charge in [0.1, 0.15) is 18.1 Å². The fraction of sp³-hybridized carbons (Fsp3) is 0.120. The Morgan fingerprint density at radius 2 is 1.55 bits per heavy atom. The van der Waals surface area contributed by atoms with Gasteiger partial charge >= 0.3 is 5.97 Å². The number of rotatable bonds is 9. The van der Waals surface area contributed by atoms with Crippen LogP contribution in [0.5, 0.6) is 11.5 Å². The van der Waals surface area contributed by atoms with E-state index < -0.39 is 18.5 Å². The quantitative estimate of drug-likeness (QED) is 0.307. The first-order valence-electron chi connectivity index (χ1n) is 9.89. The zero-order valence-electron chi connectivity index (χ0n) is 17.7. The van der Waals surface area contributed by atoms with Crippen LogP contribution in [0.1, 0.15) is 11.1 Å². The van der Waals surface area contributed by atoms with E-state index in [1.165, 1.54) is 6.08 Å². The molecule has 0 aliphatic carbocycles. The monoisotopic (exact) mass is 485 g/mol. The lowest BCUT2D eigenvalue weighted by molar-refractivity contribution is -0.142. The van der Waals surface area contributed by atoms with E-state index in [1.54, 1.807) is 79.9 Å². The highest BCUT2D eigenvalue weighted by Gasteiger charge is 2.07. The van der Waals surface area contributed by atoms with Crippen molar-refractivity contribution in [1.29, 1.82) is 0 Å². The Hall–Kier alpha value is -3.48. The fourth-order valence-electron chi connectivity index (χ4n) is 2.72. The molecular formula is C25H21Cl2NO5. The molecule has 0 atom stereocenters. The van der Waals surface area contributed by atoms with Crippen molar-refractivity contribution in [1.82, 2.24) is 0 Å². The zero-order chi connectivity index (χ0) is 23.6. The smallest absolute Gasteiger partial charge is 0.331 e. The molecule has 3 aromatic rings. The van der Waals surface area contributed by atoms with Crippen LogP contribution in [-0.4, -0.2) is 25.6 Å². The molecule has 0 saturated carbocycles. The maximum absolute atomic E-state index is 11.9. The second kappa shape index (κ2) is 11.9. The van der Waals surface area contributed by atoms with Gasteiger partial charge in [0, 0.05) is 27.4 Å².